The summed E-state index contributed by atoms with van der Waals surface area (Å²) in [7, 11) is 0. The molecule has 0 aliphatic carbocycles. The Morgan fingerprint density at radius 3 is 1.31 bits per heavy atom. The third-order valence-corrected chi connectivity index (χ3v) is 8.74. The van der Waals surface area contributed by atoms with Crippen LogP contribution in [-0.4, -0.2) is 11.0 Å². The van der Waals surface area contributed by atoms with Crippen LogP contribution in [0.25, 0.3) is 0 Å². The first kappa shape index (κ1) is 36.2. The second-order valence-corrected chi connectivity index (χ2v) is 12.2. The Balaban J connectivity index is 2.61. The second-order valence-electron chi connectivity index (χ2n) is 11.1. The van der Waals surface area contributed by atoms with Crippen molar-refractivity contribution in [1.29, 1.82) is 0 Å². The zero-order valence-electron chi connectivity index (χ0n) is 24.7. The zero-order valence-corrected chi connectivity index (χ0v) is 27.0. The third-order valence-electron chi connectivity index (χ3n) is 7.63. The predicted octanol–water partition coefficient (Wildman–Crippen LogP) is 12.3. The normalized spacial score (nSPS) is 12.0. The van der Waals surface area contributed by atoms with Crippen molar-refractivity contribution in [3.8, 4) is 0 Å². The van der Waals surface area contributed by atoms with E-state index in [-0.39, 0.29) is 5.03 Å². The highest BCUT2D eigenvalue weighted by Crippen LogP contribution is 2.25. The van der Waals surface area contributed by atoms with E-state index in [0.717, 1.165) is 19.3 Å². The molecule has 0 atom stereocenters. The van der Waals surface area contributed by atoms with Gasteiger partial charge < -0.3 is 0 Å². The van der Waals surface area contributed by atoms with Gasteiger partial charge in [-0.05, 0) is 54.5 Å². The number of halogens is 3. The van der Waals surface area contributed by atoms with E-state index in [0.29, 0.717) is 5.56 Å². The molecule has 0 aliphatic heterocycles. The van der Waals surface area contributed by atoms with E-state index in [1.165, 1.54) is 133 Å². The molecule has 0 amide bonds. The van der Waals surface area contributed by atoms with Crippen LogP contribution in [0.15, 0.2) is 28.3 Å². The first-order valence-corrected chi connectivity index (χ1v) is 17.0. The maximum atomic E-state index is 12.9. The molecule has 1 aromatic carbocycles. The van der Waals surface area contributed by atoms with Crippen LogP contribution in [0.5, 0.6) is 0 Å². The summed E-state index contributed by atoms with van der Waals surface area (Å²) in [6, 6.07) is 5.82. The van der Waals surface area contributed by atoms with Crippen molar-refractivity contribution in [2.75, 3.05) is 0 Å². The lowest BCUT2D eigenvalue weighted by Crippen LogP contribution is -2.06. The highest BCUT2D eigenvalue weighted by molar-refractivity contribution is 6.76. The monoisotopic (exact) mass is 598 g/mol. The van der Waals surface area contributed by atoms with Crippen molar-refractivity contribution in [2.24, 2.45) is 0 Å². The Morgan fingerprint density at radius 1 is 0.513 bits per heavy atom. The predicted molar refractivity (Wildman–Crippen MR) is 171 cm³/mol. The molecule has 0 bridgehead atoms. The van der Waals surface area contributed by atoms with Gasteiger partial charge in [0.05, 0.1) is 0 Å². The number of Topliss-reactive ketones (excluding diaryl/α,β-unsaturated/α-hetero) is 1. The average molecular weight is 600 g/mol. The van der Waals surface area contributed by atoms with Gasteiger partial charge >= 0.3 is 0 Å². The molecule has 39 heavy (non-hydrogen) atoms. The number of aryl methyl sites for hydroxylation is 2. The van der Waals surface area contributed by atoms with Crippen molar-refractivity contribution >= 4 is 45.8 Å². The lowest BCUT2D eigenvalue weighted by atomic mass is 9.93. The Morgan fingerprint density at radius 2 is 0.897 bits per heavy atom. The summed E-state index contributed by atoms with van der Waals surface area (Å²) in [4.78, 5) is 24.2. The van der Waals surface area contributed by atoms with E-state index in [4.69, 9.17) is 34.8 Å². The summed E-state index contributed by atoms with van der Waals surface area (Å²) >= 11 is 17.4. The van der Waals surface area contributed by atoms with E-state index in [2.05, 4.69) is 19.9 Å². The summed E-state index contributed by atoms with van der Waals surface area (Å²) in [5.41, 5.74) is 3.00. The van der Waals surface area contributed by atoms with Crippen molar-refractivity contribution in [2.45, 2.75) is 155 Å². The van der Waals surface area contributed by atoms with Gasteiger partial charge in [0.25, 0.3) is 5.24 Å². The molecule has 1 rings (SSSR count). The summed E-state index contributed by atoms with van der Waals surface area (Å²) in [5, 5.41) is -1.66. The highest BCUT2D eigenvalue weighted by atomic mass is 35.5. The van der Waals surface area contributed by atoms with E-state index >= 15 is 0 Å². The molecule has 0 N–H and O–H groups in total. The fourth-order valence-corrected chi connectivity index (χ4v) is 5.59. The molecule has 0 saturated carbocycles. The van der Waals surface area contributed by atoms with E-state index in [1.54, 1.807) is 6.07 Å². The van der Waals surface area contributed by atoms with Gasteiger partial charge in [-0.15, -0.1) is 0 Å². The molecule has 0 fully saturated rings. The van der Waals surface area contributed by atoms with Crippen molar-refractivity contribution in [3.63, 3.8) is 0 Å². The van der Waals surface area contributed by atoms with Crippen LogP contribution in [-0.2, 0) is 17.6 Å². The van der Waals surface area contributed by atoms with Crippen LogP contribution in [0.4, 0.5) is 0 Å². The van der Waals surface area contributed by atoms with Crippen LogP contribution in [0.1, 0.15) is 164 Å². The maximum Gasteiger partial charge on any atom is 0.265 e. The quantitative estimate of drug-likeness (QED) is 0.0485. The number of hydrogen-bond donors (Lipinski definition) is 0. The third kappa shape index (κ3) is 16.9. The molecule has 222 valence electrons. The Bertz CT molecular complexity index is 847. The van der Waals surface area contributed by atoms with E-state index in [9.17, 15) is 9.59 Å². The van der Waals surface area contributed by atoms with Gasteiger partial charge in [-0.25, -0.2) is 0 Å². The van der Waals surface area contributed by atoms with Gasteiger partial charge in [0.2, 0.25) is 5.78 Å². The van der Waals surface area contributed by atoms with Gasteiger partial charge in [0.15, 0.2) is 0 Å². The Kier molecular flexibility index (Phi) is 22.1. The zero-order chi connectivity index (χ0) is 28.7. The molecule has 0 saturated heterocycles. The number of allylic oxidation sites excluding steroid dienone is 2. The van der Waals surface area contributed by atoms with Crippen LogP contribution < -0.4 is 0 Å². The molecule has 0 heterocycles. The SMILES string of the molecule is CCCCCCCCCCCCc1ccc(C(=O)C(Cl)=C(Cl)C(=O)Cl)cc1CCCCCCCCCCCC. The molecular formula is C34H53Cl3O2. The number of rotatable bonds is 25. The minimum Gasteiger partial charge on any atom is -0.288 e. The average Bonchev–Trinajstić information content (AvgIpc) is 2.94. The lowest BCUT2D eigenvalue weighted by molar-refractivity contribution is -0.108. The van der Waals surface area contributed by atoms with Gasteiger partial charge in [0.1, 0.15) is 10.1 Å². The van der Waals surface area contributed by atoms with Crippen molar-refractivity contribution < 1.29 is 9.59 Å². The molecule has 0 aromatic heterocycles. The van der Waals surface area contributed by atoms with Gasteiger partial charge in [-0.2, -0.15) is 0 Å². The van der Waals surface area contributed by atoms with E-state index in [1.807, 2.05) is 6.07 Å². The molecule has 0 unspecified atom stereocenters. The smallest absolute Gasteiger partial charge is 0.265 e. The number of unbranched alkanes of at least 4 members (excludes halogenated alkanes) is 18. The topological polar surface area (TPSA) is 34.1 Å². The molecule has 1 aromatic rings. The molecular weight excluding hydrogens is 547 g/mol. The summed E-state index contributed by atoms with van der Waals surface area (Å²) in [6.45, 7) is 4.52. The number of carbonyl (C=O) groups is 2. The first-order chi connectivity index (χ1) is 18.9. The minimum atomic E-state index is -0.918. The summed E-state index contributed by atoms with van der Waals surface area (Å²) in [6.07, 6.45) is 28.2. The van der Waals surface area contributed by atoms with Gasteiger partial charge in [0, 0.05) is 5.56 Å². The maximum absolute atomic E-state index is 12.9. The van der Waals surface area contributed by atoms with E-state index < -0.39 is 16.1 Å². The summed E-state index contributed by atoms with van der Waals surface area (Å²) < 4.78 is 0. The van der Waals surface area contributed by atoms with Gasteiger partial charge in [-0.1, -0.05) is 165 Å². The van der Waals surface area contributed by atoms with Crippen LogP contribution >= 0.6 is 34.8 Å². The van der Waals surface area contributed by atoms with Crippen molar-refractivity contribution in [3.05, 3.63) is 45.0 Å². The number of carbonyl (C=O) groups excluding carboxylic acids is 2. The fraction of sp³-hybridized carbons (Fsp3) is 0.706. The van der Waals surface area contributed by atoms with Gasteiger partial charge in [-0.3, -0.25) is 9.59 Å². The lowest BCUT2D eigenvalue weighted by Gasteiger charge is -2.12. The molecule has 0 aliphatic rings. The number of hydrogen-bond acceptors (Lipinski definition) is 2. The molecule has 2 nitrogen and oxygen atoms in total. The molecule has 0 spiro atoms. The fourth-order valence-electron chi connectivity index (χ4n) is 5.16. The van der Waals surface area contributed by atoms with Crippen molar-refractivity contribution in [1.82, 2.24) is 0 Å². The largest absolute Gasteiger partial charge is 0.288 e. The summed E-state index contributed by atoms with van der Waals surface area (Å²) in [5.74, 6) is -0.453. The second kappa shape index (κ2) is 23.8. The molecule has 0 radical (unpaired) electrons. The highest BCUT2D eigenvalue weighted by Gasteiger charge is 2.19. The Labute approximate surface area is 254 Å². The van der Waals surface area contributed by atoms with Crippen LogP contribution in [0, 0.1) is 0 Å². The first-order valence-electron chi connectivity index (χ1n) is 15.8. The van der Waals surface area contributed by atoms with Crippen LogP contribution in [0.3, 0.4) is 0 Å². The number of ketones is 1. The van der Waals surface area contributed by atoms with Crippen LogP contribution in [0.2, 0.25) is 0 Å². The minimum absolute atomic E-state index is 0.316. The number of benzene rings is 1. The molecule has 5 heteroatoms. The standard InChI is InChI=1S/C34H53Cl3O2/c1-3-5-7-9-11-13-15-17-19-21-23-28-25-26-30(33(38)31(35)32(36)34(37)39)27-29(28)24-22-20-18-16-14-12-10-8-6-4-2/h25-27H,3-24H2,1-2H3. The Hall–Kier alpha value is -0.830.